The summed E-state index contributed by atoms with van der Waals surface area (Å²) in [6.07, 6.45) is 3.51. The van der Waals surface area contributed by atoms with Crippen LogP contribution in [0.4, 0.5) is 0 Å². The lowest BCUT2D eigenvalue weighted by atomic mass is 10.1. The van der Waals surface area contributed by atoms with Crippen molar-refractivity contribution in [3.05, 3.63) is 29.6 Å². The van der Waals surface area contributed by atoms with Gasteiger partial charge in [0, 0.05) is 25.2 Å². The van der Waals surface area contributed by atoms with Gasteiger partial charge in [0.15, 0.2) is 6.04 Å². The van der Waals surface area contributed by atoms with Gasteiger partial charge < -0.3 is 10.4 Å². The third-order valence-electron chi connectivity index (χ3n) is 2.65. The molecule has 2 aromatic rings. The zero-order chi connectivity index (χ0) is 14.7. The van der Waals surface area contributed by atoms with Crippen LogP contribution in [-0.2, 0) is 18.3 Å². The molecular weight excluding hydrogens is 264 g/mol. The van der Waals surface area contributed by atoms with E-state index < -0.39 is 17.9 Å². The summed E-state index contributed by atoms with van der Waals surface area (Å²) in [5, 5.41) is 21.8. The van der Waals surface area contributed by atoms with Crippen LogP contribution in [0.1, 0.15) is 35.0 Å². The van der Waals surface area contributed by atoms with Crippen molar-refractivity contribution >= 4 is 11.9 Å². The number of aromatic nitrogens is 5. The first kappa shape index (κ1) is 13.7. The summed E-state index contributed by atoms with van der Waals surface area (Å²) in [6, 6.07) is -1.19. The number of carbonyl (C=O) groups excluding carboxylic acids is 1. The lowest BCUT2D eigenvalue weighted by molar-refractivity contribution is -0.139. The van der Waals surface area contributed by atoms with E-state index in [0.717, 1.165) is 0 Å². The van der Waals surface area contributed by atoms with Gasteiger partial charge in [0.2, 0.25) is 5.82 Å². The Morgan fingerprint density at radius 1 is 1.55 bits per heavy atom. The number of hydrogen-bond acceptors (Lipinski definition) is 5. The molecule has 9 nitrogen and oxygen atoms in total. The Labute approximate surface area is 114 Å². The van der Waals surface area contributed by atoms with Crippen molar-refractivity contribution in [2.45, 2.75) is 19.4 Å². The molecule has 0 spiro atoms. The summed E-state index contributed by atoms with van der Waals surface area (Å²) < 4.78 is 1.46. The minimum absolute atomic E-state index is 0.0861. The third-order valence-corrected chi connectivity index (χ3v) is 2.65. The molecule has 20 heavy (non-hydrogen) atoms. The fourth-order valence-corrected chi connectivity index (χ4v) is 1.63. The number of rotatable bonds is 5. The first-order chi connectivity index (χ1) is 9.51. The fraction of sp³-hybridized carbons (Fsp3) is 0.364. The van der Waals surface area contributed by atoms with Gasteiger partial charge in [-0.2, -0.15) is 5.10 Å². The molecule has 0 aromatic carbocycles. The molecule has 0 radical (unpaired) electrons. The molecular formula is C11H14N6O3. The molecule has 3 N–H and O–H groups in total. The lowest BCUT2D eigenvalue weighted by Crippen LogP contribution is -2.34. The zero-order valence-electron chi connectivity index (χ0n) is 11.0. The molecule has 9 heteroatoms. The highest BCUT2D eigenvalue weighted by Gasteiger charge is 2.25. The van der Waals surface area contributed by atoms with Crippen molar-refractivity contribution in [1.82, 2.24) is 30.3 Å². The molecule has 2 heterocycles. The number of carboxylic acid groups (broad SMARTS) is 1. The van der Waals surface area contributed by atoms with Crippen molar-refractivity contribution in [2.24, 2.45) is 7.05 Å². The van der Waals surface area contributed by atoms with Crippen molar-refractivity contribution in [2.75, 3.05) is 0 Å². The van der Waals surface area contributed by atoms with Crippen LogP contribution in [0.15, 0.2) is 12.4 Å². The first-order valence-corrected chi connectivity index (χ1v) is 5.94. The number of amides is 1. The second kappa shape index (κ2) is 5.51. The van der Waals surface area contributed by atoms with Gasteiger partial charge in [0.25, 0.3) is 5.91 Å². The summed E-state index contributed by atoms with van der Waals surface area (Å²) in [4.78, 5) is 27.1. The van der Waals surface area contributed by atoms with E-state index in [-0.39, 0.29) is 5.82 Å². The summed E-state index contributed by atoms with van der Waals surface area (Å²) >= 11 is 0. The highest BCUT2D eigenvalue weighted by molar-refractivity contribution is 5.93. The number of aryl methyl sites for hydroxylation is 2. The molecule has 0 fully saturated rings. The Bertz CT molecular complexity index is 632. The number of nitrogens with one attached hydrogen (secondary N) is 2. The van der Waals surface area contributed by atoms with E-state index in [9.17, 15) is 14.7 Å². The minimum atomic E-state index is -1.19. The van der Waals surface area contributed by atoms with Crippen LogP contribution >= 0.6 is 0 Å². The van der Waals surface area contributed by atoms with Gasteiger partial charge in [0.05, 0.1) is 6.20 Å². The average molecular weight is 278 g/mol. The number of H-pyrrole nitrogens is 1. The SMILES string of the molecule is CCc1nc(C(=O)NC(C(=O)O)c2cnn(C)c2)n[nH]1. The second-order valence-corrected chi connectivity index (χ2v) is 4.15. The summed E-state index contributed by atoms with van der Waals surface area (Å²) in [7, 11) is 1.66. The van der Waals surface area contributed by atoms with Crippen LogP contribution in [0.5, 0.6) is 0 Å². The van der Waals surface area contributed by atoms with Crippen molar-refractivity contribution in [3.8, 4) is 0 Å². The maximum atomic E-state index is 11.9. The van der Waals surface area contributed by atoms with Gasteiger partial charge in [-0.1, -0.05) is 6.92 Å². The smallest absolute Gasteiger partial charge is 0.331 e. The van der Waals surface area contributed by atoms with Crippen molar-refractivity contribution < 1.29 is 14.7 Å². The Kier molecular flexibility index (Phi) is 3.78. The molecule has 0 saturated carbocycles. The Balaban J connectivity index is 2.16. The molecule has 2 aromatic heterocycles. The third kappa shape index (κ3) is 2.82. The molecule has 2 rings (SSSR count). The quantitative estimate of drug-likeness (QED) is 0.686. The number of aromatic amines is 1. The predicted octanol–water partition coefficient (Wildman–Crippen LogP) is -0.344. The molecule has 0 aliphatic carbocycles. The van der Waals surface area contributed by atoms with Crippen LogP contribution in [0, 0.1) is 0 Å². The van der Waals surface area contributed by atoms with Crippen molar-refractivity contribution in [1.29, 1.82) is 0 Å². The highest BCUT2D eigenvalue weighted by Crippen LogP contribution is 2.12. The zero-order valence-corrected chi connectivity index (χ0v) is 11.0. The van der Waals surface area contributed by atoms with E-state index >= 15 is 0 Å². The van der Waals surface area contributed by atoms with Crippen LogP contribution in [0.25, 0.3) is 0 Å². The molecule has 1 amide bonds. The van der Waals surface area contributed by atoms with Gasteiger partial charge in [-0.15, -0.1) is 5.10 Å². The Hall–Kier alpha value is -2.71. The van der Waals surface area contributed by atoms with Crippen LogP contribution in [-0.4, -0.2) is 41.9 Å². The number of nitrogens with zero attached hydrogens (tertiary/aromatic N) is 4. The van der Waals surface area contributed by atoms with E-state index in [1.165, 1.54) is 17.1 Å². The van der Waals surface area contributed by atoms with E-state index in [1.54, 1.807) is 7.05 Å². The fourth-order valence-electron chi connectivity index (χ4n) is 1.63. The molecule has 106 valence electrons. The van der Waals surface area contributed by atoms with Gasteiger partial charge in [-0.05, 0) is 0 Å². The molecule has 1 atom stereocenters. The lowest BCUT2D eigenvalue weighted by Gasteiger charge is -2.11. The topological polar surface area (TPSA) is 126 Å². The van der Waals surface area contributed by atoms with Gasteiger partial charge in [-0.25, -0.2) is 9.78 Å². The van der Waals surface area contributed by atoms with E-state index in [0.29, 0.717) is 17.8 Å². The van der Waals surface area contributed by atoms with Gasteiger partial charge >= 0.3 is 5.97 Å². The van der Waals surface area contributed by atoms with E-state index in [2.05, 4.69) is 25.6 Å². The standard InChI is InChI=1S/C11H14N6O3/c1-3-7-13-9(16-15-7)10(18)14-8(11(19)20)6-4-12-17(2)5-6/h4-5,8H,3H2,1-2H3,(H,14,18)(H,19,20)(H,13,15,16). The average Bonchev–Trinajstić information content (AvgIpc) is 3.03. The highest BCUT2D eigenvalue weighted by atomic mass is 16.4. The molecule has 0 saturated heterocycles. The Morgan fingerprint density at radius 3 is 2.80 bits per heavy atom. The second-order valence-electron chi connectivity index (χ2n) is 4.15. The largest absolute Gasteiger partial charge is 0.479 e. The van der Waals surface area contributed by atoms with Crippen LogP contribution < -0.4 is 5.32 Å². The maximum absolute atomic E-state index is 11.9. The maximum Gasteiger partial charge on any atom is 0.331 e. The number of aliphatic carboxylic acids is 1. The molecule has 0 bridgehead atoms. The number of carbonyl (C=O) groups is 2. The minimum Gasteiger partial charge on any atom is -0.479 e. The monoisotopic (exact) mass is 278 g/mol. The van der Waals surface area contributed by atoms with Crippen LogP contribution in [0.2, 0.25) is 0 Å². The van der Waals surface area contributed by atoms with Gasteiger partial charge in [0.1, 0.15) is 5.82 Å². The summed E-state index contributed by atoms with van der Waals surface area (Å²) in [5.74, 6) is -1.37. The predicted molar refractivity (Wildman–Crippen MR) is 66.8 cm³/mol. The number of carboxylic acids is 1. The normalized spacial score (nSPS) is 12.1. The van der Waals surface area contributed by atoms with Gasteiger partial charge in [-0.3, -0.25) is 14.6 Å². The summed E-state index contributed by atoms with van der Waals surface area (Å²) in [5.41, 5.74) is 0.375. The summed E-state index contributed by atoms with van der Waals surface area (Å²) in [6.45, 7) is 1.86. The van der Waals surface area contributed by atoms with E-state index in [4.69, 9.17) is 0 Å². The van der Waals surface area contributed by atoms with Crippen LogP contribution in [0.3, 0.4) is 0 Å². The number of hydrogen-bond donors (Lipinski definition) is 3. The van der Waals surface area contributed by atoms with Crippen molar-refractivity contribution in [3.63, 3.8) is 0 Å². The Morgan fingerprint density at radius 2 is 2.30 bits per heavy atom. The molecule has 0 aliphatic rings. The van der Waals surface area contributed by atoms with E-state index in [1.807, 2.05) is 6.92 Å². The molecule has 1 unspecified atom stereocenters. The first-order valence-electron chi connectivity index (χ1n) is 5.94. The molecule has 0 aliphatic heterocycles.